The van der Waals surface area contributed by atoms with Gasteiger partial charge < -0.3 is 10.1 Å². The SMILES string of the molecule is CCOC(=O)[C@H]1[C@H](C(=O)c2ccc3ccccc3c2)[C@]12C(=O)Nc1ccc(Cl)cc12. The van der Waals surface area contributed by atoms with Gasteiger partial charge in [-0.3, -0.25) is 14.4 Å². The molecule has 0 aromatic heterocycles. The van der Waals surface area contributed by atoms with Gasteiger partial charge in [-0.15, -0.1) is 0 Å². The summed E-state index contributed by atoms with van der Waals surface area (Å²) in [6, 6.07) is 18.2. The fraction of sp³-hybridized carbons (Fsp3) is 0.208. The fourth-order valence-corrected chi connectivity index (χ4v) is 4.93. The van der Waals surface area contributed by atoms with E-state index in [2.05, 4.69) is 5.32 Å². The Morgan fingerprint density at radius 3 is 2.57 bits per heavy atom. The predicted octanol–water partition coefficient (Wildman–Crippen LogP) is 4.38. The molecule has 1 aliphatic carbocycles. The van der Waals surface area contributed by atoms with Crippen molar-refractivity contribution in [1.82, 2.24) is 0 Å². The number of nitrogens with one attached hydrogen (secondary N) is 1. The van der Waals surface area contributed by atoms with E-state index >= 15 is 0 Å². The van der Waals surface area contributed by atoms with Crippen LogP contribution in [0, 0.1) is 11.8 Å². The van der Waals surface area contributed by atoms with Crippen LogP contribution in [0.5, 0.6) is 0 Å². The number of ether oxygens (including phenoxy) is 1. The average molecular weight is 420 g/mol. The van der Waals surface area contributed by atoms with E-state index in [1.54, 1.807) is 37.3 Å². The molecule has 5 rings (SSSR count). The number of anilines is 1. The lowest BCUT2D eigenvalue weighted by atomic mass is 9.90. The summed E-state index contributed by atoms with van der Waals surface area (Å²) in [5.41, 5.74) is 0.340. The zero-order valence-electron chi connectivity index (χ0n) is 16.1. The molecule has 5 nitrogen and oxygen atoms in total. The van der Waals surface area contributed by atoms with Crippen molar-refractivity contribution in [1.29, 1.82) is 0 Å². The van der Waals surface area contributed by atoms with Crippen LogP contribution >= 0.6 is 11.6 Å². The zero-order chi connectivity index (χ0) is 21.0. The molecule has 150 valence electrons. The highest BCUT2D eigenvalue weighted by molar-refractivity contribution is 6.31. The quantitative estimate of drug-likeness (QED) is 0.503. The van der Waals surface area contributed by atoms with Crippen LogP contribution in [0.25, 0.3) is 10.8 Å². The molecule has 3 atom stereocenters. The number of fused-ring (bicyclic) bond motifs is 3. The van der Waals surface area contributed by atoms with Gasteiger partial charge in [-0.1, -0.05) is 48.0 Å². The van der Waals surface area contributed by atoms with Gasteiger partial charge in [0.1, 0.15) is 5.41 Å². The van der Waals surface area contributed by atoms with Crippen LogP contribution in [-0.2, 0) is 19.7 Å². The minimum absolute atomic E-state index is 0.173. The van der Waals surface area contributed by atoms with Gasteiger partial charge in [-0.25, -0.2) is 0 Å². The number of benzene rings is 3. The lowest BCUT2D eigenvalue weighted by Gasteiger charge is -2.09. The zero-order valence-corrected chi connectivity index (χ0v) is 16.9. The van der Waals surface area contributed by atoms with Gasteiger partial charge in [-0.2, -0.15) is 0 Å². The standard InChI is InChI=1S/C24H18ClNO4/c1-2-30-22(28)20-19(21(27)15-8-7-13-5-3-4-6-14(13)11-15)24(20)17-12-16(25)9-10-18(17)26-23(24)29/h3-12,19-20H,2H2,1H3,(H,26,29)/t19-,20-,24+/m1/s1. The number of esters is 1. The summed E-state index contributed by atoms with van der Waals surface area (Å²) in [7, 11) is 0. The Kier molecular flexibility index (Phi) is 4.19. The Morgan fingerprint density at radius 2 is 1.80 bits per heavy atom. The first kappa shape index (κ1) is 18.8. The molecule has 3 aromatic carbocycles. The maximum atomic E-state index is 13.6. The molecule has 0 bridgehead atoms. The van der Waals surface area contributed by atoms with Crippen molar-refractivity contribution in [2.24, 2.45) is 11.8 Å². The number of hydrogen-bond acceptors (Lipinski definition) is 4. The van der Waals surface area contributed by atoms with Crippen LogP contribution in [-0.4, -0.2) is 24.3 Å². The van der Waals surface area contributed by atoms with Crippen molar-refractivity contribution in [3.8, 4) is 0 Å². The summed E-state index contributed by atoms with van der Waals surface area (Å²) in [5, 5.41) is 5.19. The van der Waals surface area contributed by atoms with Crippen molar-refractivity contribution in [2.75, 3.05) is 11.9 Å². The molecule has 1 saturated carbocycles. The summed E-state index contributed by atoms with van der Waals surface area (Å²) in [4.78, 5) is 39.4. The van der Waals surface area contributed by atoms with Crippen LogP contribution in [0.4, 0.5) is 5.69 Å². The second-order valence-corrected chi connectivity index (χ2v) is 8.08. The van der Waals surface area contributed by atoms with Gasteiger partial charge in [0.2, 0.25) is 5.91 Å². The van der Waals surface area contributed by atoms with Crippen LogP contribution in [0.2, 0.25) is 5.02 Å². The van der Waals surface area contributed by atoms with E-state index in [0.29, 0.717) is 21.8 Å². The van der Waals surface area contributed by atoms with Gasteiger partial charge in [0.15, 0.2) is 5.78 Å². The largest absolute Gasteiger partial charge is 0.466 e. The number of ketones is 1. The third kappa shape index (κ3) is 2.52. The number of amides is 1. The van der Waals surface area contributed by atoms with Crippen molar-refractivity contribution in [3.05, 3.63) is 76.8 Å². The molecule has 0 saturated heterocycles. The Balaban J connectivity index is 1.62. The molecule has 3 aromatic rings. The Bertz CT molecular complexity index is 1240. The van der Waals surface area contributed by atoms with Crippen molar-refractivity contribution in [3.63, 3.8) is 0 Å². The van der Waals surface area contributed by atoms with Crippen molar-refractivity contribution < 1.29 is 19.1 Å². The van der Waals surface area contributed by atoms with Gasteiger partial charge in [0.05, 0.1) is 18.4 Å². The summed E-state index contributed by atoms with van der Waals surface area (Å²) in [6.07, 6.45) is 0. The molecule has 1 heterocycles. The molecule has 2 aliphatic rings. The van der Waals surface area contributed by atoms with Gasteiger partial charge in [0, 0.05) is 16.3 Å². The minimum atomic E-state index is -1.28. The van der Waals surface area contributed by atoms with E-state index < -0.39 is 23.2 Å². The first-order valence-corrected chi connectivity index (χ1v) is 10.2. The third-order valence-electron chi connectivity index (χ3n) is 6.11. The highest BCUT2D eigenvalue weighted by Crippen LogP contribution is 2.66. The molecule has 30 heavy (non-hydrogen) atoms. The van der Waals surface area contributed by atoms with E-state index in [-0.39, 0.29) is 18.3 Å². The molecular weight excluding hydrogens is 402 g/mol. The molecule has 6 heteroatoms. The smallest absolute Gasteiger partial charge is 0.311 e. The van der Waals surface area contributed by atoms with Crippen LogP contribution in [0.3, 0.4) is 0 Å². The third-order valence-corrected chi connectivity index (χ3v) is 6.35. The van der Waals surface area contributed by atoms with Gasteiger partial charge >= 0.3 is 5.97 Å². The predicted molar refractivity (Wildman–Crippen MR) is 114 cm³/mol. The minimum Gasteiger partial charge on any atom is -0.466 e. The summed E-state index contributed by atoms with van der Waals surface area (Å²) in [5.74, 6) is -2.87. The molecule has 1 aliphatic heterocycles. The van der Waals surface area contributed by atoms with Crippen molar-refractivity contribution in [2.45, 2.75) is 12.3 Å². The molecule has 1 fully saturated rings. The van der Waals surface area contributed by atoms with Gasteiger partial charge in [0.25, 0.3) is 0 Å². The van der Waals surface area contributed by atoms with Crippen molar-refractivity contribution >= 4 is 45.7 Å². The molecule has 1 spiro atoms. The average Bonchev–Trinajstić information content (AvgIpc) is 3.37. The highest BCUT2D eigenvalue weighted by Gasteiger charge is 2.79. The van der Waals surface area contributed by atoms with E-state index in [9.17, 15) is 14.4 Å². The number of carbonyl (C=O) groups is 3. The molecule has 0 unspecified atom stereocenters. The maximum absolute atomic E-state index is 13.6. The van der Waals surface area contributed by atoms with Crippen LogP contribution < -0.4 is 5.32 Å². The topological polar surface area (TPSA) is 72.5 Å². The Labute approximate surface area is 178 Å². The first-order chi connectivity index (χ1) is 14.5. The van der Waals surface area contributed by atoms with E-state index in [1.807, 2.05) is 30.3 Å². The van der Waals surface area contributed by atoms with Gasteiger partial charge in [-0.05, 0) is 47.5 Å². The fourth-order valence-electron chi connectivity index (χ4n) is 4.76. The van der Waals surface area contributed by atoms with E-state index in [0.717, 1.165) is 10.8 Å². The molecule has 1 amide bonds. The number of rotatable bonds is 4. The maximum Gasteiger partial charge on any atom is 0.311 e. The number of carbonyl (C=O) groups excluding carboxylic acids is 3. The number of hydrogen-bond donors (Lipinski definition) is 1. The summed E-state index contributed by atoms with van der Waals surface area (Å²) < 4.78 is 5.23. The summed E-state index contributed by atoms with van der Waals surface area (Å²) in [6.45, 7) is 1.87. The van der Waals surface area contributed by atoms with E-state index in [1.165, 1.54) is 0 Å². The Morgan fingerprint density at radius 1 is 1.03 bits per heavy atom. The lowest BCUT2D eigenvalue weighted by molar-refractivity contribution is -0.146. The number of halogens is 1. The Hall–Kier alpha value is -3.18. The summed E-state index contributed by atoms with van der Waals surface area (Å²) >= 11 is 6.18. The molecule has 1 N–H and O–H groups in total. The molecule has 0 radical (unpaired) electrons. The van der Waals surface area contributed by atoms with Crippen LogP contribution in [0.15, 0.2) is 60.7 Å². The number of Topliss-reactive ketones (excluding diaryl/α,β-unsaturated/α-hetero) is 1. The highest BCUT2D eigenvalue weighted by atomic mass is 35.5. The normalized spacial score (nSPS) is 23.9. The second kappa shape index (κ2) is 6.67. The lowest BCUT2D eigenvalue weighted by Crippen LogP contribution is -2.26. The van der Waals surface area contributed by atoms with E-state index in [4.69, 9.17) is 16.3 Å². The first-order valence-electron chi connectivity index (χ1n) is 9.79. The second-order valence-electron chi connectivity index (χ2n) is 7.65. The van der Waals surface area contributed by atoms with Crippen LogP contribution in [0.1, 0.15) is 22.8 Å². The molecular formula is C24H18ClNO4. The monoisotopic (exact) mass is 419 g/mol.